The first-order chi connectivity index (χ1) is 13.4. The predicted octanol–water partition coefficient (Wildman–Crippen LogP) is 3.84. The summed E-state index contributed by atoms with van der Waals surface area (Å²) in [5.41, 5.74) is 2.16. The molecule has 9 heteroatoms. The van der Waals surface area contributed by atoms with Crippen molar-refractivity contribution in [1.82, 2.24) is 0 Å². The smallest absolute Gasteiger partial charge is 0.270 e. The summed E-state index contributed by atoms with van der Waals surface area (Å²) in [6.07, 6.45) is 4.13. The van der Waals surface area contributed by atoms with Crippen LogP contribution in [0.1, 0.15) is 21.5 Å². The quantitative estimate of drug-likeness (QED) is 0.231. The molecule has 0 fully saturated rings. The van der Waals surface area contributed by atoms with Gasteiger partial charge in [0.1, 0.15) is 0 Å². The van der Waals surface area contributed by atoms with Crippen LogP contribution in [0.3, 0.4) is 0 Å². The van der Waals surface area contributed by atoms with E-state index in [9.17, 15) is 25.0 Å². The van der Waals surface area contributed by atoms with Crippen molar-refractivity contribution >= 4 is 34.1 Å². The van der Waals surface area contributed by atoms with E-state index in [1.54, 1.807) is 35.2 Å². The van der Waals surface area contributed by atoms with Crippen LogP contribution in [0.2, 0.25) is 0 Å². The minimum absolute atomic E-state index is 0. The topological polar surface area (TPSA) is 107 Å². The van der Waals surface area contributed by atoms with Crippen molar-refractivity contribution < 1.29 is 19.2 Å². The standard InChI is InChI=1S/C20H16N3O5.BrH/c24-20(17-2-1-3-19(13-17)23(27)28)14-21-10-8-16(9-11-21)12-15-4-6-18(7-5-15)22(25)26;/h1-11,13H,12,14H2;1H/q+1;. The molecule has 29 heavy (non-hydrogen) atoms. The summed E-state index contributed by atoms with van der Waals surface area (Å²) in [4.78, 5) is 32.9. The van der Waals surface area contributed by atoms with E-state index in [-0.39, 0.29) is 46.2 Å². The van der Waals surface area contributed by atoms with Gasteiger partial charge < -0.3 is 0 Å². The number of hydrogen-bond donors (Lipinski definition) is 0. The maximum atomic E-state index is 12.4. The monoisotopic (exact) mass is 458 g/mol. The van der Waals surface area contributed by atoms with E-state index in [0.717, 1.165) is 11.1 Å². The number of benzene rings is 2. The largest absolute Gasteiger partial charge is 0.287 e. The summed E-state index contributed by atoms with van der Waals surface area (Å²) in [6.45, 7) is 0.0684. The van der Waals surface area contributed by atoms with Crippen molar-refractivity contribution in [2.24, 2.45) is 0 Å². The Morgan fingerprint density at radius 2 is 1.41 bits per heavy atom. The molecule has 148 valence electrons. The fraction of sp³-hybridized carbons (Fsp3) is 0.100. The van der Waals surface area contributed by atoms with Crippen LogP contribution >= 0.6 is 17.0 Å². The summed E-state index contributed by atoms with van der Waals surface area (Å²) in [5.74, 6) is -0.225. The zero-order valence-electron chi connectivity index (χ0n) is 15.1. The molecule has 1 heterocycles. The second kappa shape index (κ2) is 9.65. The Kier molecular flexibility index (Phi) is 7.27. The fourth-order valence-electron chi connectivity index (χ4n) is 2.73. The number of non-ortho nitro benzene ring substituents is 2. The highest BCUT2D eigenvalue weighted by atomic mass is 79.9. The maximum absolute atomic E-state index is 12.4. The lowest BCUT2D eigenvalue weighted by molar-refractivity contribution is -0.683. The number of pyridine rings is 1. The lowest BCUT2D eigenvalue weighted by atomic mass is 10.1. The Morgan fingerprint density at radius 1 is 0.828 bits per heavy atom. The first-order valence-electron chi connectivity index (χ1n) is 8.41. The summed E-state index contributed by atoms with van der Waals surface area (Å²) in [7, 11) is 0. The van der Waals surface area contributed by atoms with E-state index in [1.807, 2.05) is 12.1 Å². The molecule has 0 amide bonds. The zero-order valence-corrected chi connectivity index (χ0v) is 16.8. The van der Waals surface area contributed by atoms with Crippen molar-refractivity contribution in [1.29, 1.82) is 0 Å². The van der Waals surface area contributed by atoms with Gasteiger partial charge in [-0.1, -0.05) is 24.3 Å². The van der Waals surface area contributed by atoms with Gasteiger partial charge >= 0.3 is 0 Å². The lowest BCUT2D eigenvalue weighted by Gasteiger charge is -2.02. The highest BCUT2D eigenvalue weighted by molar-refractivity contribution is 8.93. The molecular formula is C20H17BrN3O5+. The normalized spacial score (nSPS) is 10.1. The summed E-state index contributed by atoms with van der Waals surface area (Å²) >= 11 is 0. The van der Waals surface area contributed by atoms with Crippen molar-refractivity contribution in [2.45, 2.75) is 13.0 Å². The van der Waals surface area contributed by atoms with Crippen molar-refractivity contribution in [2.75, 3.05) is 0 Å². The van der Waals surface area contributed by atoms with Gasteiger partial charge in [0.15, 0.2) is 12.4 Å². The second-order valence-corrected chi connectivity index (χ2v) is 6.21. The third-order valence-corrected chi connectivity index (χ3v) is 4.22. The van der Waals surface area contributed by atoms with Gasteiger partial charge in [-0.2, -0.15) is 4.57 Å². The summed E-state index contributed by atoms with van der Waals surface area (Å²) in [5, 5.41) is 21.5. The molecule has 0 unspecified atom stereocenters. The van der Waals surface area contributed by atoms with E-state index >= 15 is 0 Å². The molecule has 0 bridgehead atoms. The van der Waals surface area contributed by atoms with Crippen LogP contribution in [-0.4, -0.2) is 15.6 Å². The number of halogens is 1. The number of ketones is 1. The second-order valence-electron chi connectivity index (χ2n) is 6.21. The van der Waals surface area contributed by atoms with Crippen molar-refractivity contribution in [3.8, 4) is 0 Å². The number of Topliss-reactive ketones (excluding diaryl/α,β-unsaturated/α-hetero) is 1. The molecule has 0 aliphatic heterocycles. The number of nitro groups is 2. The predicted molar refractivity (Wildman–Crippen MR) is 110 cm³/mol. The first kappa shape index (κ1) is 21.8. The summed E-state index contributed by atoms with van der Waals surface area (Å²) in [6, 6.07) is 15.7. The van der Waals surface area contributed by atoms with Crippen LogP contribution < -0.4 is 4.57 Å². The molecule has 8 nitrogen and oxygen atoms in total. The molecule has 0 aliphatic carbocycles. The van der Waals surface area contributed by atoms with Crippen molar-refractivity contribution in [3.05, 3.63) is 110 Å². The number of aromatic nitrogens is 1. The number of nitro benzene ring substituents is 2. The Bertz CT molecular complexity index is 1040. The van der Waals surface area contributed by atoms with Crippen LogP contribution in [0.4, 0.5) is 11.4 Å². The van der Waals surface area contributed by atoms with Gasteiger partial charge in [0, 0.05) is 42.0 Å². The molecule has 0 N–H and O–H groups in total. The minimum atomic E-state index is -0.531. The average molecular weight is 459 g/mol. The lowest BCUT2D eigenvalue weighted by Crippen LogP contribution is -2.37. The van der Waals surface area contributed by atoms with Gasteiger partial charge in [0.05, 0.1) is 9.85 Å². The fourth-order valence-corrected chi connectivity index (χ4v) is 2.73. The van der Waals surface area contributed by atoms with Gasteiger partial charge in [-0.25, -0.2) is 0 Å². The molecule has 0 aliphatic rings. The van der Waals surface area contributed by atoms with E-state index in [0.29, 0.717) is 6.42 Å². The number of nitrogens with zero attached hydrogens (tertiary/aromatic N) is 3. The first-order valence-corrected chi connectivity index (χ1v) is 8.41. The molecule has 0 atom stereocenters. The number of carbonyl (C=O) groups excluding carboxylic acids is 1. The van der Waals surface area contributed by atoms with E-state index in [4.69, 9.17) is 0 Å². The highest BCUT2D eigenvalue weighted by Gasteiger charge is 2.15. The average Bonchev–Trinajstić information content (AvgIpc) is 2.70. The molecule has 2 aromatic carbocycles. The molecule has 3 rings (SSSR count). The molecule has 0 spiro atoms. The SMILES string of the molecule is Br.O=C(C[n+]1ccc(Cc2ccc([N+](=O)[O-])cc2)cc1)c1cccc([N+](=O)[O-])c1. The zero-order chi connectivity index (χ0) is 20.1. The van der Waals surface area contributed by atoms with Crippen molar-refractivity contribution in [3.63, 3.8) is 0 Å². The van der Waals surface area contributed by atoms with Crippen LogP contribution in [0, 0.1) is 20.2 Å². The molecule has 3 aromatic rings. The minimum Gasteiger partial charge on any atom is -0.287 e. The Labute approximate surface area is 176 Å². The van der Waals surface area contributed by atoms with Crippen LogP contribution in [0.5, 0.6) is 0 Å². The summed E-state index contributed by atoms with van der Waals surface area (Å²) < 4.78 is 1.69. The Hall–Kier alpha value is -3.46. The molecule has 0 saturated heterocycles. The van der Waals surface area contributed by atoms with Gasteiger partial charge in [-0.3, -0.25) is 25.0 Å². The van der Waals surface area contributed by atoms with Gasteiger partial charge in [0.25, 0.3) is 11.4 Å². The highest BCUT2D eigenvalue weighted by Crippen LogP contribution is 2.15. The molecule has 1 aromatic heterocycles. The van der Waals surface area contributed by atoms with Crippen LogP contribution in [0.25, 0.3) is 0 Å². The third kappa shape index (κ3) is 5.76. The third-order valence-electron chi connectivity index (χ3n) is 4.22. The number of rotatable bonds is 7. The van der Waals surface area contributed by atoms with Gasteiger partial charge in [-0.05, 0) is 17.5 Å². The van der Waals surface area contributed by atoms with E-state index < -0.39 is 9.85 Å². The number of carbonyl (C=O) groups is 1. The van der Waals surface area contributed by atoms with E-state index in [1.165, 1.54) is 30.3 Å². The molecular weight excluding hydrogens is 442 g/mol. The van der Waals surface area contributed by atoms with Crippen LogP contribution in [-0.2, 0) is 13.0 Å². The Morgan fingerprint density at radius 3 is 2.00 bits per heavy atom. The van der Waals surface area contributed by atoms with E-state index in [2.05, 4.69) is 0 Å². The van der Waals surface area contributed by atoms with Gasteiger partial charge in [-0.15, -0.1) is 17.0 Å². The molecule has 0 radical (unpaired) electrons. The van der Waals surface area contributed by atoms with Crippen LogP contribution in [0.15, 0.2) is 73.1 Å². The molecule has 0 saturated carbocycles. The van der Waals surface area contributed by atoms with Gasteiger partial charge in [0.2, 0.25) is 12.3 Å². The maximum Gasteiger partial charge on any atom is 0.270 e. The number of hydrogen-bond acceptors (Lipinski definition) is 5. The Balaban J connectivity index is 0.00000300.